The maximum absolute atomic E-state index is 10.1. The van der Waals surface area contributed by atoms with Crippen LogP contribution in [0.3, 0.4) is 0 Å². The summed E-state index contributed by atoms with van der Waals surface area (Å²) in [6, 6.07) is 0. The quantitative estimate of drug-likeness (QED) is 0.443. The molecular weight excluding hydrogens is 368 g/mol. The van der Waals surface area contributed by atoms with Crippen LogP contribution in [0, 0.1) is 0 Å². The maximum Gasteiger partial charge on any atom is 2.00 e. The van der Waals surface area contributed by atoms with Crippen molar-refractivity contribution in [2.75, 3.05) is 26.4 Å². The van der Waals surface area contributed by atoms with Gasteiger partial charge in [0.2, 0.25) is 0 Å². The van der Waals surface area contributed by atoms with Crippen LogP contribution >= 0.6 is 0 Å². The van der Waals surface area contributed by atoms with E-state index >= 15 is 0 Å². The van der Waals surface area contributed by atoms with E-state index in [1.807, 2.05) is 13.8 Å². The summed E-state index contributed by atoms with van der Waals surface area (Å²) in [7, 11) is 0. The molecule has 0 spiro atoms. The van der Waals surface area contributed by atoms with Gasteiger partial charge in [-0.2, -0.15) is 0 Å². The Bertz CT molecular complexity index is 268. The number of Topliss-reactive ketones (excluding diaryl/α,β-unsaturated/α-hetero) is 2. The molecule has 0 N–H and O–H groups in total. The van der Waals surface area contributed by atoms with Crippen LogP contribution in [0.2, 0.25) is 0 Å². The molecule has 0 aliphatic carbocycles. The molecule has 0 bridgehead atoms. The fourth-order valence-electron chi connectivity index (χ4n) is 0.407. The van der Waals surface area contributed by atoms with Crippen molar-refractivity contribution in [2.45, 2.75) is 54.4 Å². The van der Waals surface area contributed by atoms with Gasteiger partial charge in [-0.15, -0.1) is 13.2 Å². The van der Waals surface area contributed by atoms with E-state index in [4.69, 9.17) is 0 Å². The van der Waals surface area contributed by atoms with Crippen LogP contribution in [-0.4, -0.2) is 49.9 Å². The minimum absolute atomic E-state index is 0. The first-order chi connectivity index (χ1) is 11.1. The van der Waals surface area contributed by atoms with Crippen LogP contribution in [0.15, 0.2) is 0 Å². The van der Waals surface area contributed by atoms with Crippen molar-refractivity contribution in [3.8, 4) is 0 Å². The zero-order valence-electron chi connectivity index (χ0n) is 16.0. The van der Waals surface area contributed by atoms with E-state index in [1.54, 1.807) is 0 Å². The summed E-state index contributed by atoms with van der Waals surface area (Å²) >= 11 is 0. The van der Waals surface area contributed by atoms with Crippen molar-refractivity contribution in [1.82, 2.24) is 0 Å². The Balaban J connectivity index is -0.0000000739. The standard InChI is InChI=1S/2C5H8O3.2C3H7O.Ti/c2*1-4(6)3-8-5(2)7;2*1-2-3-4;/h2*3H2,1-2H3;2*2-3H2,1H3;/q;;2*-1;+2. The summed E-state index contributed by atoms with van der Waals surface area (Å²) in [6.07, 6.45) is 1.53. The predicted octanol–water partition coefficient (Wildman–Crippen LogP) is -0.212. The van der Waals surface area contributed by atoms with Crippen molar-refractivity contribution in [3.05, 3.63) is 0 Å². The van der Waals surface area contributed by atoms with Gasteiger partial charge in [0, 0.05) is 13.8 Å². The zero-order chi connectivity index (χ0) is 20.0. The van der Waals surface area contributed by atoms with E-state index in [0.717, 1.165) is 12.8 Å². The number of hydrogen-bond acceptors (Lipinski definition) is 8. The maximum atomic E-state index is 10.1. The number of rotatable bonds is 6. The van der Waals surface area contributed by atoms with Crippen molar-refractivity contribution < 1.29 is 60.6 Å². The first-order valence-electron chi connectivity index (χ1n) is 7.50. The molecule has 0 atom stereocenters. The number of ketones is 2. The van der Waals surface area contributed by atoms with Gasteiger partial charge in [0.15, 0.2) is 11.6 Å². The van der Waals surface area contributed by atoms with Crippen LogP contribution in [0.4, 0.5) is 0 Å². The first kappa shape index (κ1) is 35.1. The number of ether oxygens (including phenoxy) is 2. The predicted molar refractivity (Wildman–Crippen MR) is 84.9 cm³/mol. The number of esters is 2. The SMILES string of the molecule is CC(=O)COC(C)=O.CC(=O)COC(C)=O.CCC[O-].CCC[O-].[Ti+2]. The van der Waals surface area contributed by atoms with Crippen LogP contribution < -0.4 is 10.2 Å². The van der Waals surface area contributed by atoms with Crippen LogP contribution in [0.5, 0.6) is 0 Å². The molecular formula is C16H30O8Ti. The van der Waals surface area contributed by atoms with Gasteiger partial charge < -0.3 is 19.7 Å². The van der Waals surface area contributed by atoms with Crippen molar-refractivity contribution in [2.24, 2.45) is 0 Å². The summed E-state index contributed by atoms with van der Waals surface area (Å²) in [5.74, 6) is -1.11. The molecule has 0 saturated carbocycles. The van der Waals surface area contributed by atoms with Gasteiger partial charge >= 0.3 is 33.7 Å². The molecule has 0 saturated heterocycles. The summed E-state index contributed by atoms with van der Waals surface area (Å²) in [4.78, 5) is 40.1. The van der Waals surface area contributed by atoms with Gasteiger partial charge in [0.1, 0.15) is 13.2 Å². The third kappa shape index (κ3) is 84.1. The molecule has 0 aliphatic heterocycles. The molecule has 0 aliphatic rings. The minimum atomic E-state index is -0.416. The second-order valence-corrected chi connectivity index (χ2v) is 4.37. The number of carbonyl (C=O) groups is 4. The molecule has 146 valence electrons. The molecule has 25 heavy (non-hydrogen) atoms. The summed E-state index contributed by atoms with van der Waals surface area (Å²) in [6.45, 7) is 8.93. The number of carbonyl (C=O) groups excluding carboxylic acids is 4. The Labute approximate surface area is 165 Å². The van der Waals surface area contributed by atoms with Gasteiger partial charge in [0.25, 0.3) is 0 Å². The Morgan fingerprint density at radius 3 is 0.920 bits per heavy atom. The second kappa shape index (κ2) is 30.8. The van der Waals surface area contributed by atoms with Gasteiger partial charge in [0.05, 0.1) is 0 Å². The van der Waals surface area contributed by atoms with E-state index in [9.17, 15) is 29.4 Å². The molecule has 0 unspecified atom stereocenters. The normalized spacial score (nSPS) is 7.68. The van der Waals surface area contributed by atoms with Crippen molar-refractivity contribution >= 4 is 23.5 Å². The fraction of sp³-hybridized carbons (Fsp3) is 0.750. The molecule has 0 amide bonds. The summed E-state index contributed by atoms with van der Waals surface area (Å²) in [5, 5.41) is 18.6. The first-order valence-corrected chi connectivity index (χ1v) is 7.50. The second-order valence-electron chi connectivity index (χ2n) is 4.37. The largest absolute Gasteiger partial charge is 2.00 e. The average molecular weight is 398 g/mol. The molecule has 0 heterocycles. The van der Waals surface area contributed by atoms with E-state index in [-0.39, 0.29) is 59.7 Å². The summed E-state index contributed by atoms with van der Waals surface area (Å²) in [5.41, 5.74) is 0. The van der Waals surface area contributed by atoms with Crippen molar-refractivity contribution in [1.29, 1.82) is 0 Å². The molecule has 0 fully saturated rings. The Hall–Kier alpha value is -1.09. The van der Waals surface area contributed by atoms with E-state index in [0.29, 0.717) is 0 Å². The van der Waals surface area contributed by atoms with Gasteiger partial charge in [-0.1, -0.05) is 26.7 Å². The molecule has 8 nitrogen and oxygen atoms in total. The van der Waals surface area contributed by atoms with E-state index < -0.39 is 11.9 Å². The summed E-state index contributed by atoms with van der Waals surface area (Å²) < 4.78 is 8.63. The molecule has 0 rings (SSSR count). The van der Waals surface area contributed by atoms with Gasteiger partial charge in [-0.25, -0.2) is 0 Å². The average Bonchev–Trinajstić information content (AvgIpc) is 2.52. The minimum Gasteiger partial charge on any atom is -0.854 e. The Morgan fingerprint density at radius 1 is 0.680 bits per heavy atom. The van der Waals surface area contributed by atoms with E-state index in [1.165, 1.54) is 27.7 Å². The Morgan fingerprint density at radius 2 is 0.880 bits per heavy atom. The monoisotopic (exact) mass is 398 g/mol. The van der Waals surface area contributed by atoms with E-state index in [2.05, 4.69) is 9.47 Å². The van der Waals surface area contributed by atoms with Crippen LogP contribution in [0.25, 0.3) is 0 Å². The molecule has 0 aromatic heterocycles. The van der Waals surface area contributed by atoms with Crippen LogP contribution in [0.1, 0.15) is 54.4 Å². The molecule has 0 aromatic rings. The van der Waals surface area contributed by atoms with Gasteiger partial charge in [-0.3, -0.25) is 19.2 Å². The fourth-order valence-corrected chi connectivity index (χ4v) is 0.407. The Kier molecular flexibility index (Phi) is 43.2. The smallest absolute Gasteiger partial charge is 0.854 e. The zero-order valence-corrected chi connectivity index (χ0v) is 17.6. The number of hydrogen-bond donors (Lipinski definition) is 0. The van der Waals surface area contributed by atoms with Crippen molar-refractivity contribution in [3.63, 3.8) is 0 Å². The molecule has 0 aromatic carbocycles. The third-order valence-electron chi connectivity index (χ3n) is 1.37. The molecule has 9 heteroatoms. The van der Waals surface area contributed by atoms with Gasteiger partial charge in [-0.05, 0) is 13.8 Å². The topological polar surface area (TPSA) is 133 Å². The molecule has 0 radical (unpaired) electrons. The third-order valence-corrected chi connectivity index (χ3v) is 1.37. The van der Waals surface area contributed by atoms with Crippen LogP contribution in [-0.2, 0) is 50.4 Å².